The van der Waals surface area contributed by atoms with Crippen molar-refractivity contribution in [1.29, 1.82) is 0 Å². The second-order valence-corrected chi connectivity index (χ2v) is 4.75. The molecule has 104 valence electrons. The highest BCUT2D eigenvalue weighted by molar-refractivity contribution is 9.10. The van der Waals surface area contributed by atoms with E-state index in [4.69, 9.17) is 9.52 Å². The molecule has 1 aromatic heterocycles. The van der Waals surface area contributed by atoms with E-state index in [1.807, 2.05) is 5.32 Å². The Morgan fingerprint density at radius 2 is 2.05 bits per heavy atom. The number of carbonyl (C=O) groups excluding carboxylic acids is 1. The number of fused-ring (bicyclic) bond motifs is 1. The standard InChI is InChI=1S/C12H8BrNO6/c13-5-1-2-6-7(3-5)20-12(19)9(10(6)17)11(18)14-4-8(15)16/h1-3,17H,4H2,(H,14,18)(H,15,16). The lowest BCUT2D eigenvalue weighted by atomic mass is 10.1. The second kappa shape index (κ2) is 5.33. The molecule has 0 radical (unpaired) electrons. The van der Waals surface area contributed by atoms with Gasteiger partial charge < -0.3 is 19.9 Å². The lowest BCUT2D eigenvalue weighted by Crippen LogP contribution is -2.32. The van der Waals surface area contributed by atoms with Crippen LogP contribution in [0.4, 0.5) is 0 Å². The topological polar surface area (TPSA) is 117 Å². The summed E-state index contributed by atoms with van der Waals surface area (Å²) >= 11 is 3.18. The summed E-state index contributed by atoms with van der Waals surface area (Å²) in [5, 5.41) is 20.6. The molecular weight excluding hydrogens is 334 g/mol. The molecule has 3 N–H and O–H groups in total. The van der Waals surface area contributed by atoms with Gasteiger partial charge in [-0.25, -0.2) is 4.79 Å². The summed E-state index contributed by atoms with van der Waals surface area (Å²) in [6.45, 7) is -0.671. The predicted molar refractivity (Wildman–Crippen MR) is 71.8 cm³/mol. The van der Waals surface area contributed by atoms with Gasteiger partial charge in [0, 0.05) is 4.47 Å². The molecule has 0 aliphatic rings. The van der Waals surface area contributed by atoms with Gasteiger partial charge in [0.25, 0.3) is 5.91 Å². The van der Waals surface area contributed by atoms with Gasteiger partial charge in [0.05, 0.1) is 5.39 Å². The smallest absolute Gasteiger partial charge is 0.353 e. The predicted octanol–water partition coefficient (Wildman–Crippen LogP) is 1.08. The number of halogens is 1. The number of carboxylic acid groups (broad SMARTS) is 1. The van der Waals surface area contributed by atoms with E-state index < -0.39 is 35.4 Å². The zero-order valence-electron chi connectivity index (χ0n) is 9.84. The first-order chi connectivity index (χ1) is 9.40. The molecule has 7 nitrogen and oxygen atoms in total. The maximum absolute atomic E-state index is 11.7. The van der Waals surface area contributed by atoms with E-state index in [0.717, 1.165) is 0 Å². The zero-order chi connectivity index (χ0) is 14.9. The van der Waals surface area contributed by atoms with Gasteiger partial charge in [-0.15, -0.1) is 0 Å². The number of aliphatic carboxylic acids is 1. The summed E-state index contributed by atoms with van der Waals surface area (Å²) in [6.07, 6.45) is 0. The van der Waals surface area contributed by atoms with Gasteiger partial charge in [-0.1, -0.05) is 15.9 Å². The molecular formula is C12H8BrNO6. The first-order valence-electron chi connectivity index (χ1n) is 5.35. The van der Waals surface area contributed by atoms with Crippen molar-refractivity contribution in [1.82, 2.24) is 5.32 Å². The highest BCUT2D eigenvalue weighted by atomic mass is 79.9. The molecule has 20 heavy (non-hydrogen) atoms. The van der Waals surface area contributed by atoms with Gasteiger partial charge >= 0.3 is 11.6 Å². The third kappa shape index (κ3) is 2.64. The summed E-state index contributed by atoms with van der Waals surface area (Å²) in [5.74, 6) is -2.83. The van der Waals surface area contributed by atoms with E-state index in [-0.39, 0.29) is 11.0 Å². The van der Waals surface area contributed by atoms with Crippen LogP contribution in [-0.4, -0.2) is 28.6 Å². The molecule has 0 atom stereocenters. The van der Waals surface area contributed by atoms with Gasteiger partial charge in [-0.3, -0.25) is 9.59 Å². The molecule has 0 spiro atoms. The Hall–Kier alpha value is -2.35. The van der Waals surface area contributed by atoms with Crippen LogP contribution in [-0.2, 0) is 4.79 Å². The lowest BCUT2D eigenvalue weighted by molar-refractivity contribution is -0.135. The van der Waals surface area contributed by atoms with Crippen LogP contribution in [0.1, 0.15) is 10.4 Å². The van der Waals surface area contributed by atoms with Gasteiger partial charge in [-0.2, -0.15) is 0 Å². The Kier molecular flexibility index (Phi) is 3.75. The summed E-state index contributed by atoms with van der Waals surface area (Å²) in [5.41, 5.74) is -1.56. The fourth-order valence-corrected chi connectivity index (χ4v) is 1.94. The van der Waals surface area contributed by atoms with Crippen LogP contribution in [0.3, 0.4) is 0 Å². The average Bonchev–Trinajstić information content (AvgIpc) is 2.35. The molecule has 2 rings (SSSR count). The number of benzene rings is 1. The Labute approximate surface area is 120 Å². The highest BCUT2D eigenvalue weighted by Gasteiger charge is 2.21. The Morgan fingerprint density at radius 1 is 1.35 bits per heavy atom. The first-order valence-corrected chi connectivity index (χ1v) is 6.14. The number of amides is 1. The molecule has 1 amide bonds. The molecule has 1 heterocycles. The zero-order valence-corrected chi connectivity index (χ0v) is 11.4. The van der Waals surface area contributed by atoms with E-state index in [9.17, 15) is 19.5 Å². The van der Waals surface area contributed by atoms with Crippen LogP contribution in [0.25, 0.3) is 11.0 Å². The van der Waals surface area contributed by atoms with Gasteiger partial charge in [0.15, 0.2) is 5.56 Å². The molecule has 1 aromatic carbocycles. The molecule has 0 unspecified atom stereocenters. The number of carbonyl (C=O) groups is 2. The van der Waals surface area contributed by atoms with Crippen LogP contribution < -0.4 is 10.9 Å². The van der Waals surface area contributed by atoms with Crippen molar-refractivity contribution in [3.05, 3.63) is 38.7 Å². The van der Waals surface area contributed by atoms with Crippen molar-refractivity contribution in [2.75, 3.05) is 6.54 Å². The molecule has 0 aliphatic carbocycles. The summed E-state index contributed by atoms with van der Waals surface area (Å²) < 4.78 is 5.56. The minimum absolute atomic E-state index is 0.108. The SMILES string of the molecule is O=C(O)CNC(=O)c1c(O)c2ccc(Br)cc2oc1=O. The van der Waals surface area contributed by atoms with Gasteiger partial charge in [0.2, 0.25) is 0 Å². The minimum Gasteiger partial charge on any atom is -0.506 e. The average molecular weight is 342 g/mol. The van der Waals surface area contributed by atoms with Crippen LogP contribution in [0, 0.1) is 0 Å². The maximum Gasteiger partial charge on any atom is 0.353 e. The fourth-order valence-electron chi connectivity index (χ4n) is 1.60. The molecule has 0 fully saturated rings. The van der Waals surface area contributed by atoms with Crippen molar-refractivity contribution in [2.45, 2.75) is 0 Å². The van der Waals surface area contributed by atoms with Crippen LogP contribution >= 0.6 is 15.9 Å². The highest BCUT2D eigenvalue weighted by Crippen LogP contribution is 2.28. The monoisotopic (exact) mass is 341 g/mol. The van der Waals surface area contributed by atoms with E-state index >= 15 is 0 Å². The molecule has 2 aromatic rings. The lowest BCUT2D eigenvalue weighted by Gasteiger charge is -2.06. The normalized spacial score (nSPS) is 10.4. The van der Waals surface area contributed by atoms with Crippen molar-refractivity contribution in [2.24, 2.45) is 0 Å². The summed E-state index contributed by atoms with van der Waals surface area (Å²) in [6, 6.07) is 4.53. The van der Waals surface area contributed by atoms with Crippen LogP contribution in [0.2, 0.25) is 0 Å². The van der Waals surface area contributed by atoms with E-state index in [0.29, 0.717) is 4.47 Å². The Bertz CT molecular complexity index is 766. The third-order valence-electron chi connectivity index (χ3n) is 2.47. The summed E-state index contributed by atoms with van der Waals surface area (Å²) in [4.78, 5) is 33.8. The van der Waals surface area contributed by atoms with Crippen LogP contribution in [0.5, 0.6) is 5.75 Å². The van der Waals surface area contributed by atoms with Crippen molar-refractivity contribution < 1.29 is 24.2 Å². The minimum atomic E-state index is -1.27. The number of aromatic hydroxyl groups is 1. The Balaban J connectivity index is 2.54. The fraction of sp³-hybridized carbons (Fsp3) is 0.0833. The number of nitrogens with one attached hydrogen (secondary N) is 1. The van der Waals surface area contributed by atoms with Crippen molar-refractivity contribution >= 4 is 38.8 Å². The molecule has 0 saturated carbocycles. The largest absolute Gasteiger partial charge is 0.506 e. The molecule has 8 heteroatoms. The van der Waals surface area contributed by atoms with E-state index in [1.54, 1.807) is 6.07 Å². The van der Waals surface area contributed by atoms with Crippen molar-refractivity contribution in [3.8, 4) is 5.75 Å². The van der Waals surface area contributed by atoms with Crippen LogP contribution in [0.15, 0.2) is 31.9 Å². The first kappa shape index (κ1) is 14.1. The van der Waals surface area contributed by atoms with Gasteiger partial charge in [0.1, 0.15) is 17.9 Å². The number of carboxylic acids is 1. The Morgan fingerprint density at radius 3 is 2.70 bits per heavy atom. The van der Waals surface area contributed by atoms with E-state index in [2.05, 4.69) is 15.9 Å². The molecule has 0 aliphatic heterocycles. The number of hydrogen-bond donors (Lipinski definition) is 3. The quantitative estimate of drug-likeness (QED) is 0.719. The number of hydrogen-bond acceptors (Lipinski definition) is 5. The second-order valence-electron chi connectivity index (χ2n) is 3.83. The van der Waals surface area contributed by atoms with E-state index in [1.165, 1.54) is 12.1 Å². The summed E-state index contributed by atoms with van der Waals surface area (Å²) in [7, 11) is 0. The molecule has 0 bridgehead atoms. The third-order valence-corrected chi connectivity index (χ3v) is 2.96. The van der Waals surface area contributed by atoms with Crippen molar-refractivity contribution in [3.63, 3.8) is 0 Å². The maximum atomic E-state index is 11.7. The molecule has 0 saturated heterocycles. The number of rotatable bonds is 3. The van der Waals surface area contributed by atoms with Gasteiger partial charge in [-0.05, 0) is 18.2 Å².